The highest BCUT2D eigenvalue weighted by molar-refractivity contribution is 4.87. The third-order valence-electron chi connectivity index (χ3n) is 5.43. The first-order valence-electron chi connectivity index (χ1n) is 8.55. The second-order valence-electron chi connectivity index (χ2n) is 8.03. The highest BCUT2D eigenvalue weighted by Gasteiger charge is 2.31. The molecule has 0 aromatic rings. The molecule has 0 radical (unpaired) electrons. The van der Waals surface area contributed by atoms with E-state index in [4.69, 9.17) is 0 Å². The molecule has 3 heteroatoms. The van der Waals surface area contributed by atoms with E-state index in [0.29, 0.717) is 5.54 Å². The maximum absolute atomic E-state index is 3.56. The molecule has 2 fully saturated rings. The van der Waals surface area contributed by atoms with Crippen LogP contribution in [0.25, 0.3) is 0 Å². The molecule has 1 N–H and O–H groups in total. The first kappa shape index (κ1) is 16.3. The number of nitrogens with zero attached hydrogens (tertiary/aromatic N) is 2. The largest absolute Gasteiger partial charge is 0.317 e. The van der Waals surface area contributed by atoms with Gasteiger partial charge in [0.2, 0.25) is 0 Å². The van der Waals surface area contributed by atoms with Crippen molar-refractivity contribution in [1.82, 2.24) is 15.1 Å². The highest BCUT2D eigenvalue weighted by atomic mass is 15.3. The van der Waals surface area contributed by atoms with Crippen LogP contribution in [0.5, 0.6) is 0 Å². The van der Waals surface area contributed by atoms with E-state index in [0.717, 1.165) is 17.9 Å². The van der Waals surface area contributed by atoms with E-state index in [1.807, 2.05) is 0 Å². The van der Waals surface area contributed by atoms with Gasteiger partial charge in [-0.25, -0.2) is 0 Å². The van der Waals surface area contributed by atoms with E-state index in [2.05, 4.69) is 49.9 Å². The van der Waals surface area contributed by atoms with E-state index < -0.39 is 0 Å². The number of piperazine rings is 1. The summed E-state index contributed by atoms with van der Waals surface area (Å²) >= 11 is 0. The number of nitrogens with one attached hydrogen (secondary N) is 1. The number of hydrogen-bond acceptors (Lipinski definition) is 3. The fourth-order valence-corrected chi connectivity index (χ4v) is 4.01. The van der Waals surface area contributed by atoms with Gasteiger partial charge in [0, 0.05) is 44.3 Å². The smallest absolute Gasteiger partial charge is 0.0126 e. The molecule has 0 amide bonds. The Labute approximate surface area is 126 Å². The lowest BCUT2D eigenvalue weighted by Gasteiger charge is -2.44. The van der Waals surface area contributed by atoms with E-state index >= 15 is 0 Å². The molecule has 0 bridgehead atoms. The summed E-state index contributed by atoms with van der Waals surface area (Å²) in [4.78, 5) is 5.33. The Balaban J connectivity index is 1.82. The van der Waals surface area contributed by atoms with Crippen molar-refractivity contribution in [2.75, 3.05) is 39.8 Å². The summed E-state index contributed by atoms with van der Waals surface area (Å²) in [5.74, 6) is 1.77. The lowest BCUT2D eigenvalue weighted by atomic mass is 9.78. The van der Waals surface area contributed by atoms with Crippen LogP contribution in [0.2, 0.25) is 0 Å². The van der Waals surface area contributed by atoms with Crippen molar-refractivity contribution in [2.45, 2.75) is 58.5 Å². The molecular formula is C17H35N3. The maximum Gasteiger partial charge on any atom is 0.0126 e. The average molecular weight is 281 g/mol. The van der Waals surface area contributed by atoms with Crippen LogP contribution in [0.3, 0.4) is 0 Å². The normalized spacial score (nSPS) is 34.4. The van der Waals surface area contributed by atoms with Crippen LogP contribution in [0, 0.1) is 11.8 Å². The molecule has 3 atom stereocenters. The van der Waals surface area contributed by atoms with Gasteiger partial charge in [-0.05, 0) is 58.9 Å². The molecule has 20 heavy (non-hydrogen) atoms. The van der Waals surface area contributed by atoms with Crippen LogP contribution >= 0.6 is 0 Å². The van der Waals surface area contributed by atoms with Crippen LogP contribution in [0.15, 0.2) is 0 Å². The van der Waals surface area contributed by atoms with Gasteiger partial charge in [-0.2, -0.15) is 0 Å². The Morgan fingerprint density at radius 1 is 1.05 bits per heavy atom. The molecule has 3 unspecified atom stereocenters. The van der Waals surface area contributed by atoms with Crippen molar-refractivity contribution in [1.29, 1.82) is 0 Å². The second kappa shape index (κ2) is 6.76. The predicted molar refractivity (Wildman–Crippen MR) is 87.1 cm³/mol. The lowest BCUT2D eigenvalue weighted by Crippen LogP contribution is -2.55. The van der Waals surface area contributed by atoms with Crippen LogP contribution in [-0.4, -0.2) is 61.2 Å². The molecule has 1 heterocycles. The molecule has 1 saturated heterocycles. The van der Waals surface area contributed by atoms with Crippen molar-refractivity contribution in [3.63, 3.8) is 0 Å². The van der Waals surface area contributed by atoms with Gasteiger partial charge in [0.1, 0.15) is 0 Å². The Bertz CT molecular complexity index is 289. The monoisotopic (exact) mass is 281 g/mol. The van der Waals surface area contributed by atoms with Crippen molar-refractivity contribution in [3.05, 3.63) is 0 Å². The van der Waals surface area contributed by atoms with E-state index in [9.17, 15) is 0 Å². The summed E-state index contributed by atoms with van der Waals surface area (Å²) in [6.07, 6.45) is 4.18. The lowest BCUT2D eigenvalue weighted by molar-refractivity contribution is 0.0456. The summed E-state index contributed by atoms with van der Waals surface area (Å²) in [6, 6.07) is 0.742. The fraction of sp³-hybridized carbons (Fsp3) is 1.00. The van der Waals surface area contributed by atoms with Crippen LogP contribution < -0.4 is 5.32 Å². The van der Waals surface area contributed by atoms with Crippen LogP contribution in [-0.2, 0) is 0 Å². The number of rotatable bonds is 3. The summed E-state index contributed by atoms with van der Waals surface area (Å²) in [7, 11) is 2.14. The van der Waals surface area contributed by atoms with Gasteiger partial charge in [0.25, 0.3) is 0 Å². The molecule has 0 aromatic carbocycles. The van der Waals surface area contributed by atoms with Crippen LogP contribution in [0.4, 0.5) is 0 Å². The Hall–Kier alpha value is -0.120. The molecule has 118 valence electrons. The molecule has 1 aliphatic carbocycles. The summed E-state index contributed by atoms with van der Waals surface area (Å²) in [5.41, 5.74) is 0.332. The maximum atomic E-state index is 3.56. The molecule has 1 saturated carbocycles. The first-order valence-corrected chi connectivity index (χ1v) is 8.55. The summed E-state index contributed by atoms with van der Waals surface area (Å²) in [6.45, 7) is 15.7. The van der Waals surface area contributed by atoms with Gasteiger partial charge < -0.3 is 10.2 Å². The van der Waals surface area contributed by atoms with E-state index in [-0.39, 0.29) is 0 Å². The third-order valence-corrected chi connectivity index (χ3v) is 5.43. The first-order chi connectivity index (χ1) is 9.40. The van der Waals surface area contributed by atoms with Crippen molar-refractivity contribution >= 4 is 0 Å². The quantitative estimate of drug-likeness (QED) is 0.857. The minimum Gasteiger partial charge on any atom is -0.317 e. The van der Waals surface area contributed by atoms with Crippen LogP contribution in [0.1, 0.15) is 47.0 Å². The van der Waals surface area contributed by atoms with Gasteiger partial charge in [0.15, 0.2) is 0 Å². The SMILES string of the molecule is CNC1CCC(C)CC1CN1CCN(C(C)(C)C)CC1. The zero-order chi connectivity index (χ0) is 14.8. The fourth-order valence-electron chi connectivity index (χ4n) is 4.01. The predicted octanol–water partition coefficient (Wildman–Crippen LogP) is 2.43. The van der Waals surface area contributed by atoms with Gasteiger partial charge in [-0.3, -0.25) is 4.90 Å². The van der Waals surface area contributed by atoms with Gasteiger partial charge in [-0.15, -0.1) is 0 Å². The second-order valence-corrected chi connectivity index (χ2v) is 8.03. The van der Waals surface area contributed by atoms with E-state index in [1.54, 1.807) is 0 Å². The summed E-state index contributed by atoms with van der Waals surface area (Å²) in [5, 5.41) is 3.56. The Morgan fingerprint density at radius 2 is 1.70 bits per heavy atom. The third kappa shape index (κ3) is 4.19. The molecule has 0 spiro atoms. The molecular weight excluding hydrogens is 246 g/mol. The van der Waals surface area contributed by atoms with Gasteiger partial charge in [0.05, 0.1) is 0 Å². The van der Waals surface area contributed by atoms with Crippen molar-refractivity contribution < 1.29 is 0 Å². The minimum atomic E-state index is 0.332. The molecule has 2 aliphatic rings. The van der Waals surface area contributed by atoms with Gasteiger partial charge in [-0.1, -0.05) is 6.92 Å². The zero-order valence-electron chi connectivity index (χ0n) is 14.3. The number of hydrogen-bond donors (Lipinski definition) is 1. The van der Waals surface area contributed by atoms with Gasteiger partial charge >= 0.3 is 0 Å². The molecule has 1 aliphatic heterocycles. The molecule has 2 rings (SSSR count). The zero-order valence-corrected chi connectivity index (χ0v) is 14.3. The Kier molecular flexibility index (Phi) is 5.49. The highest BCUT2D eigenvalue weighted by Crippen LogP contribution is 2.30. The molecule has 0 aromatic heterocycles. The average Bonchev–Trinajstić information content (AvgIpc) is 2.38. The van der Waals surface area contributed by atoms with Crippen molar-refractivity contribution in [3.8, 4) is 0 Å². The molecule has 3 nitrogen and oxygen atoms in total. The van der Waals surface area contributed by atoms with E-state index in [1.165, 1.54) is 52.0 Å². The summed E-state index contributed by atoms with van der Waals surface area (Å²) < 4.78 is 0. The minimum absolute atomic E-state index is 0.332. The van der Waals surface area contributed by atoms with Crippen molar-refractivity contribution in [2.24, 2.45) is 11.8 Å². The topological polar surface area (TPSA) is 18.5 Å². The Morgan fingerprint density at radius 3 is 2.25 bits per heavy atom. The standard InChI is InChI=1S/C17H35N3/c1-14-6-7-16(18-5)15(12-14)13-19-8-10-20(11-9-19)17(2,3)4/h14-16,18H,6-13H2,1-5H3.